The molecule has 2 saturated heterocycles. The molecule has 0 radical (unpaired) electrons. The van der Waals surface area contributed by atoms with Crippen LogP contribution in [0.4, 0.5) is 10.5 Å². The van der Waals surface area contributed by atoms with Crippen LogP contribution in [0.25, 0.3) is 11.1 Å². The molecule has 0 saturated carbocycles. The molecule has 2 fully saturated rings. The number of nitrogens with one attached hydrogen (secondary N) is 1. The summed E-state index contributed by atoms with van der Waals surface area (Å²) in [6.07, 6.45) is 4.04. The molecule has 1 aromatic carbocycles. The second kappa shape index (κ2) is 6.81. The van der Waals surface area contributed by atoms with Gasteiger partial charge in [0.25, 0.3) is 0 Å². The van der Waals surface area contributed by atoms with Crippen LogP contribution >= 0.6 is 11.3 Å². The minimum atomic E-state index is -0.337. The van der Waals surface area contributed by atoms with Crippen molar-refractivity contribution in [1.29, 1.82) is 0 Å². The van der Waals surface area contributed by atoms with E-state index < -0.39 is 0 Å². The van der Waals surface area contributed by atoms with Crippen LogP contribution in [0.15, 0.2) is 35.0 Å². The number of thiophene rings is 1. The summed E-state index contributed by atoms with van der Waals surface area (Å²) in [5.74, 6) is 0. The molecule has 2 aromatic rings. The van der Waals surface area contributed by atoms with Crippen LogP contribution in [0.1, 0.15) is 31.2 Å². The number of aryl methyl sites for hydroxylation is 1. The van der Waals surface area contributed by atoms with Gasteiger partial charge in [0.2, 0.25) is 0 Å². The number of fused-ring (bicyclic) bond motifs is 2. The first-order valence-corrected chi connectivity index (χ1v) is 9.87. The first-order valence-electron chi connectivity index (χ1n) is 8.93. The van der Waals surface area contributed by atoms with E-state index in [2.05, 4.69) is 40.8 Å². The van der Waals surface area contributed by atoms with Crippen molar-refractivity contribution in [2.45, 2.75) is 50.8 Å². The number of rotatable bonds is 3. The third-order valence-electron chi connectivity index (χ3n) is 5.57. The molecule has 2 bridgehead atoms. The lowest BCUT2D eigenvalue weighted by Gasteiger charge is -2.35. The first-order chi connectivity index (χ1) is 12.1. The van der Waals surface area contributed by atoms with Gasteiger partial charge in [-0.3, -0.25) is 5.32 Å². The second-order valence-corrected chi connectivity index (χ2v) is 8.02. The van der Waals surface area contributed by atoms with Gasteiger partial charge in [0.1, 0.15) is 6.10 Å². The topological polar surface area (TPSA) is 41.6 Å². The fraction of sp³-hybridized carbons (Fsp3) is 0.450. The molecule has 2 atom stereocenters. The van der Waals surface area contributed by atoms with Crippen molar-refractivity contribution < 1.29 is 9.53 Å². The summed E-state index contributed by atoms with van der Waals surface area (Å²) < 4.78 is 5.76. The summed E-state index contributed by atoms with van der Waals surface area (Å²) in [5.41, 5.74) is 4.09. The Morgan fingerprint density at radius 3 is 2.68 bits per heavy atom. The number of piperidine rings is 1. The van der Waals surface area contributed by atoms with Gasteiger partial charge < -0.3 is 9.64 Å². The van der Waals surface area contributed by atoms with Gasteiger partial charge in [-0.25, -0.2) is 4.79 Å². The van der Waals surface area contributed by atoms with Gasteiger partial charge in [-0.15, -0.1) is 0 Å². The average molecular weight is 356 g/mol. The Bertz CT molecular complexity index is 745. The van der Waals surface area contributed by atoms with E-state index in [1.165, 1.54) is 12.8 Å². The number of amides is 1. The number of carbonyl (C=O) groups is 1. The molecule has 3 heterocycles. The molecule has 0 spiro atoms. The molecule has 1 amide bonds. The zero-order valence-electron chi connectivity index (χ0n) is 14.7. The number of carbonyl (C=O) groups excluding carboxylic acids is 1. The lowest BCUT2D eigenvalue weighted by atomic mass is 10.0. The second-order valence-electron chi connectivity index (χ2n) is 7.24. The number of benzene rings is 1. The third-order valence-corrected chi connectivity index (χ3v) is 6.26. The molecular formula is C20H24N2O2S. The predicted molar refractivity (Wildman–Crippen MR) is 102 cm³/mol. The minimum absolute atomic E-state index is 0.0307. The highest BCUT2D eigenvalue weighted by Gasteiger charge is 2.39. The van der Waals surface area contributed by atoms with Crippen molar-refractivity contribution in [3.05, 3.63) is 40.6 Å². The molecule has 1 N–H and O–H groups in total. The van der Waals surface area contributed by atoms with Gasteiger partial charge in [0, 0.05) is 30.5 Å². The van der Waals surface area contributed by atoms with Crippen molar-refractivity contribution in [2.75, 3.05) is 12.4 Å². The summed E-state index contributed by atoms with van der Waals surface area (Å²) in [5, 5.41) is 7.12. The van der Waals surface area contributed by atoms with E-state index >= 15 is 0 Å². The lowest BCUT2D eigenvalue weighted by molar-refractivity contribution is 0.0348. The van der Waals surface area contributed by atoms with E-state index in [0.29, 0.717) is 12.1 Å². The fourth-order valence-corrected chi connectivity index (χ4v) is 4.84. The van der Waals surface area contributed by atoms with Crippen molar-refractivity contribution in [3.8, 4) is 11.1 Å². The Morgan fingerprint density at radius 2 is 2.00 bits per heavy atom. The zero-order valence-corrected chi connectivity index (χ0v) is 15.5. The summed E-state index contributed by atoms with van der Waals surface area (Å²) >= 11 is 1.65. The SMILES string of the molecule is Cc1ccc(-c2ccsc2)c(NC(=O)OC2CC3CCC(C2)N3C)c1. The van der Waals surface area contributed by atoms with Crippen LogP contribution in [-0.2, 0) is 4.74 Å². The number of nitrogens with zero attached hydrogens (tertiary/aromatic N) is 1. The summed E-state index contributed by atoms with van der Waals surface area (Å²) in [6.45, 7) is 2.03. The van der Waals surface area contributed by atoms with Gasteiger partial charge in [-0.2, -0.15) is 11.3 Å². The first kappa shape index (κ1) is 16.6. The molecule has 132 valence electrons. The molecule has 4 nitrogen and oxygen atoms in total. The molecule has 25 heavy (non-hydrogen) atoms. The van der Waals surface area contributed by atoms with E-state index in [1.54, 1.807) is 11.3 Å². The molecule has 2 aliphatic heterocycles. The van der Waals surface area contributed by atoms with Gasteiger partial charge in [0.05, 0.1) is 5.69 Å². The highest BCUT2D eigenvalue weighted by molar-refractivity contribution is 7.08. The maximum absolute atomic E-state index is 12.5. The van der Waals surface area contributed by atoms with Gasteiger partial charge in [0.15, 0.2) is 0 Å². The van der Waals surface area contributed by atoms with Crippen LogP contribution in [0, 0.1) is 6.92 Å². The Morgan fingerprint density at radius 1 is 1.24 bits per heavy atom. The van der Waals surface area contributed by atoms with Crippen molar-refractivity contribution in [1.82, 2.24) is 4.90 Å². The van der Waals surface area contributed by atoms with E-state index in [-0.39, 0.29) is 12.2 Å². The largest absolute Gasteiger partial charge is 0.446 e. The number of hydrogen-bond donors (Lipinski definition) is 1. The van der Waals surface area contributed by atoms with Crippen LogP contribution in [0.5, 0.6) is 0 Å². The molecule has 4 rings (SSSR count). The molecule has 5 heteroatoms. The molecular weight excluding hydrogens is 332 g/mol. The van der Waals surface area contributed by atoms with E-state index in [4.69, 9.17) is 4.74 Å². The third kappa shape index (κ3) is 3.44. The Balaban J connectivity index is 1.45. The highest BCUT2D eigenvalue weighted by Crippen LogP contribution is 2.36. The van der Waals surface area contributed by atoms with Crippen LogP contribution in [0.3, 0.4) is 0 Å². The Kier molecular flexibility index (Phi) is 4.52. The van der Waals surface area contributed by atoms with Gasteiger partial charge in [-0.1, -0.05) is 12.1 Å². The lowest BCUT2D eigenvalue weighted by Crippen LogP contribution is -2.43. The number of ether oxygens (including phenoxy) is 1. The van der Waals surface area contributed by atoms with E-state index in [0.717, 1.165) is 35.2 Å². The molecule has 2 aliphatic rings. The molecule has 2 unspecified atom stereocenters. The molecule has 0 aliphatic carbocycles. The average Bonchev–Trinajstić information content (AvgIpc) is 3.15. The standard InChI is InChI=1S/C20H24N2O2S/c1-13-3-6-18(14-7-8-25-12-14)19(9-13)21-20(23)24-17-10-15-4-5-16(11-17)22(15)2/h3,6-9,12,15-17H,4-5,10-11H2,1-2H3,(H,21,23). The number of hydrogen-bond acceptors (Lipinski definition) is 4. The van der Waals surface area contributed by atoms with Crippen molar-refractivity contribution in [2.24, 2.45) is 0 Å². The number of anilines is 1. The Hall–Kier alpha value is -1.85. The zero-order chi connectivity index (χ0) is 17.4. The predicted octanol–water partition coefficient (Wildman–Crippen LogP) is 4.90. The molecule has 1 aromatic heterocycles. The van der Waals surface area contributed by atoms with E-state index in [1.807, 2.05) is 18.4 Å². The summed E-state index contributed by atoms with van der Waals surface area (Å²) in [6, 6.07) is 9.34. The smallest absolute Gasteiger partial charge is 0.411 e. The normalized spacial score (nSPS) is 25.8. The maximum atomic E-state index is 12.5. The Labute approximate surface area is 152 Å². The minimum Gasteiger partial charge on any atom is -0.446 e. The summed E-state index contributed by atoms with van der Waals surface area (Å²) in [4.78, 5) is 14.9. The monoisotopic (exact) mass is 356 g/mol. The fourth-order valence-electron chi connectivity index (χ4n) is 4.18. The van der Waals surface area contributed by atoms with Crippen LogP contribution < -0.4 is 5.32 Å². The van der Waals surface area contributed by atoms with Gasteiger partial charge >= 0.3 is 6.09 Å². The van der Waals surface area contributed by atoms with Crippen LogP contribution in [0.2, 0.25) is 0 Å². The van der Waals surface area contributed by atoms with Crippen LogP contribution in [-0.4, -0.2) is 36.2 Å². The highest BCUT2D eigenvalue weighted by atomic mass is 32.1. The van der Waals surface area contributed by atoms with Crippen molar-refractivity contribution >= 4 is 23.1 Å². The van der Waals surface area contributed by atoms with E-state index in [9.17, 15) is 4.79 Å². The van der Waals surface area contributed by atoms with Crippen molar-refractivity contribution in [3.63, 3.8) is 0 Å². The summed E-state index contributed by atoms with van der Waals surface area (Å²) in [7, 11) is 2.19. The quantitative estimate of drug-likeness (QED) is 0.851. The maximum Gasteiger partial charge on any atom is 0.411 e. The van der Waals surface area contributed by atoms with Gasteiger partial charge in [-0.05, 0) is 60.8 Å².